The van der Waals surface area contributed by atoms with E-state index in [9.17, 15) is 0 Å². The first-order chi connectivity index (χ1) is 8.38. The molecule has 0 unspecified atom stereocenters. The Morgan fingerprint density at radius 3 is 2.44 bits per heavy atom. The summed E-state index contributed by atoms with van der Waals surface area (Å²) in [5.41, 5.74) is 4.05. The Labute approximate surface area is 127 Å². The second-order valence-corrected chi connectivity index (χ2v) is 4.39. The maximum atomic E-state index is 2.32. The number of fused-ring (bicyclic) bond motifs is 1. The van der Waals surface area contributed by atoms with E-state index < -0.39 is 0 Å². The smallest absolute Gasteiger partial charge is 0 e. The van der Waals surface area contributed by atoms with Crippen LogP contribution in [0.2, 0.25) is 0 Å². The Kier molecular flexibility index (Phi) is 4.24. The van der Waals surface area contributed by atoms with Crippen LogP contribution in [0, 0.1) is 0 Å². The summed E-state index contributed by atoms with van der Waals surface area (Å²) >= 11 is 0. The molecule has 0 aliphatic heterocycles. The molecule has 1 heteroatoms. The molecule has 0 nitrogen and oxygen atoms in total. The van der Waals surface area contributed by atoms with Gasteiger partial charge in [-0.25, -0.2) is 0 Å². The van der Waals surface area contributed by atoms with Crippen LogP contribution in [0.1, 0.15) is 12.5 Å². The van der Waals surface area contributed by atoms with Crippen LogP contribution in [-0.2, 0) is 32.6 Å². The standard InChI is InChI=1S/C17H15.Zr/c1-2-13-11-15-9-6-10-16(17(15)12-13)14-7-4-3-5-8-14;/h3-12H,2H2,1H3;/q-1;. The zero-order valence-electron chi connectivity index (χ0n) is 10.5. The normalized spacial score (nSPS) is 10.3. The zero-order valence-corrected chi connectivity index (χ0v) is 12.9. The molecular formula is C17H15Zr-. The summed E-state index contributed by atoms with van der Waals surface area (Å²) in [5, 5.41) is 2.72. The fraction of sp³-hybridized carbons (Fsp3) is 0.118. The van der Waals surface area contributed by atoms with Crippen LogP contribution >= 0.6 is 0 Å². The van der Waals surface area contributed by atoms with Crippen LogP contribution in [0.4, 0.5) is 0 Å². The zero-order chi connectivity index (χ0) is 11.7. The molecule has 0 radical (unpaired) electrons. The minimum atomic E-state index is 0. The maximum Gasteiger partial charge on any atom is 0 e. The average molecular weight is 311 g/mol. The van der Waals surface area contributed by atoms with E-state index in [1.165, 1.54) is 27.5 Å². The molecule has 0 amide bonds. The summed E-state index contributed by atoms with van der Waals surface area (Å²) in [6.07, 6.45) is 1.10. The molecular weight excluding hydrogens is 295 g/mol. The fourth-order valence-electron chi connectivity index (χ4n) is 2.37. The van der Waals surface area contributed by atoms with Crippen molar-refractivity contribution in [2.45, 2.75) is 13.3 Å². The molecule has 0 bridgehead atoms. The van der Waals surface area contributed by atoms with Gasteiger partial charge in [0.1, 0.15) is 0 Å². The minimum Gasteiger partial charge on any atom is -0.164 e. The Hall–Kier alpha value is -1.07. The average Bonchev–Trinajstić information content (AvgIpc) is 2.82. The van der Waals surface area contributed by atoms with E-state index in [2.05, 4.69) is 67.6 Å². The summed E-state index contributed by atoms with van der Waals surface area (Å²) in [4.78, 5) is 0. The molecule has 0 N–H and O–H groups in total. The third kappa shape index (κ3) is 2.38. The van der Waals surface area contributed by atoms with Gasteiger partial charge in [-0.15, -0.1) is 34.5 Å². The molecule has 0 spiro atoms. The van der Waals surface area contributed by atoms with Crippen molar-refractivity contribution < 1.29 is 26.2 Å². The quantitative estimate of drug-likeness (QED) is 0.597. The molecule has 0 saturated carbocycles. The third-order valence-corrected chi connectivity index (χ3v) is 3.30. The van der Waals surface area contributed by atoms with Crippen molar-refractivity contribution in [2.24, 2.45) is 0 Å². The van der Waals surface area contributed by atoms with Crippen LogP contribution in [0.3, 0.4) is 0 Å². The molecule has 18 heavy (non-hydrogen) atoms. The monoisotopic (exact) mass is 309 g/mol. The van der Waals surface area contributed by atoms with E-state index in [1.807, 2.05) is 0 Å². The van der Waals surface area contributed by atoms with Gasteiger partial charge < -0.3 is 0 Å². The van der Waals surface area contributed by atoms with Crippen LogP contribution < -0.4 is 0 Å². The van der Waals surface area contributed by atoms with Crippen molar-refractivity contribution in [3.63, 3.8) is 0 Å². The van der Waals surface area contributed by atoms with E-state index in [0.29, 0.717) is 0 Å². The van der Waals surface area contributed by atoms with Crippen molar-refractivity contribution in [3.05, 3.63) is 66.2 Å². The number of hydrogen-bond acceptors (Lipinski definition) is 0. The van der Waals surface area contributed by atoms with Crippen molar-refractivity contribution in [3.8, 4) is 11.1 Å². The van der Waals surface area contributed by atoms with E-state index in [0.717, 1.165) is 6.42 Å². The summed E-state index contributed by atoms with van der Waals surface area (Å²) in [6.45, 7) is 2.20. The van der Waals surface area contributed by atoms with Gasteiger partial charge in [-0.1, -0.05) is 48.9 Å². The molecule has 0 atom stereocenters. The second kappa shape index (κ2) is 5.72. The van der Waals surface area contributed by atoms with Gasteiger partial charge in [0, 0.05) is 26.2 Å². The Bertz CT molecular complexity index is 635. The predicted molar refractivity (Wildman–Crippen MR) is 74.4 cm³/mol. The predicted octanol–water partition coefficient (Wildman–Crippen LogP) is 4.79. The Morgan fingerprint density at radius 2 is 1.72 bits per heavy atom. The molecule has 88 valence electrons. The molecule has 3 aromatic carbocycles. The summed E-state index contributed by atoms with van der Waals surface area (Å²) < 4.78 is 0. The van der Waals surface area contributed by atoms with Gasteiger partial charge >= 0.3 is 0 Å². The largest absolute Gasteiger partial charge is 0.164 e. The van der Waals surface area contributed by atoms with Crippen LogP contribution in [0.15, 0.2) is 60.7 Å². The first-order valence-electron chi connectivity index (χ1n) is 6.12. The minimum absolute atomic E-state index is 0. The third-order valence-electron chi connectivity index (χ3n) is 3.30. The second-order valence-electron chi connectivity index (χ2n) is 4.39. The van der Waals surface area contributed by atoms with Crippen LogP contribution in [0.5, 0.6) is 0 Å². The van der Waals surface area contributed by atoms with Crippen molar-refractivity contribution in [2.75, 3.05) is 0 Å². The van der Waals surface area contributed by atoms with Crippen LogP contribution in [0.25, 0.3) is 21.9 Å². The van der Waals surface area contributed by atoms with E-state index >= 15 is 0 Å². The Morgan fingerprint density at radius 1 is 0.944 bits per heavy atom. The molecule has 0 aliphatic carbocycles. The molecule has 0 heterocycles. The number of hydrogen-bond donors (Lipinski definition) is 0. The van der Waals surface area contributed by atoms with Gasteiger partial charge in [0.15, 0.2) is 0 Å². The van der Waals surface area contributed by atoms with Crippen molar-refractivity contribution in [1.29, 1.82) is 0 Å². The molecule has 3 rings (SSSR count). The number of rotatable bonds is 2. The van der Waals surface area contributed by atoms with Gasteiger partial charge in [0.2, 0.25) is 0 Å². The molecule has 0 fully saturated rings. The van der Waals surface area contributed by atoms with E-state index in [1.54, 1.807) is 0 Å². The van der Waals surface area contributed by atoms with Gasteiger partial charge in [-0.2, -0.15) is 6.07 Å². The molecule has 0 aromatic heterocycles. The summed E-state index contributed by atoms with van der Waals surface area (Å²) in [6, 6.07) is 21.8. The van der Waals surface area contributed by atoms with Crippen molar-refractivity contribution in [1.82, 2.24) is 0 Å². The molecule has 3 aromatic rings. The number of aryl methyl sites for hydroxylation is 1. The molecule has 0 aliphatic rings. The fourth-order valence-corrected chi connectivity index (χ4v) is 2.37. The van der Waals surface area contributed by atoms with E-state index in [-0.39, 0.29) is 26.2 Å². The maximum absolute atomic E-state index is 2.32. The van der Waals surface area contributed by atoms with Gasteiger partial charge in [-0.3, -0.25) is 0 Å². The van der Waals surface area contributed by atoms with Gasteiger partial charge in [-0.05, 0) is 12.0 Å². The first-order valence-corrected chi connectivity index (χ1v) is 6.12. The topological polar surface area (TPSA) is 0 Å². The van der Waals surface area contributed by atoms with Crippen molar-refractivity contribution >= 4 is 10.8 Å². The summed E-state index contributed by atoms with van der Waals surface area (Å²) in [5.74, 6) is 0. The first kappa shape index (κ1) is 13.4. The SMILES string of the molecule is CCc1cc2c(-c3ccccc3)cccc2[cH-]1.[Zr]. The molecule has 0 saturated heterocycles. The summed E-state index contributed by atoms with van der Waals surface area (Å²) in [7, 11) is 0. The van der Waals surface area contributed by atoms with E-state index in [4.69, 9.17) is 0 Å². The Balaban J connectivity index is 0.00000120. The van der Waals surface area contributed by atoms with Gasteiger partial charge in [0.05, 0.1) is 0 Å². The van der Waals surface area contributed by atoms with Gasteiger partial charge in [0.25, 0.3) is 0 Å². The van der Waals surface area contributed by atoms with Crippen LogP contribution in [-0.4, -0.2) is 0 Å². The number of benzene rings is 2.